The van der Waals surface area contributed by atoms with Crippen molar-refractivity contribution in [1.82, 2.24) is 0 Å². The molecule has 0 saturated heterocycles. The van der Waals surface area contributed by atoms with Gasteiger partial charge in [-0.05, 0) is 43.2 Å². The molecule has 1 N–H and O–H groups in total. The Morgan fingerprint density at radius 3 is 2.53 bits per heavy atom. The number of aryl methyl sites for hydroxylation is 1. The molecule has 104 valence electrons. The second-order valence-corrected chi connectivity index (χ2v) is 5.81. The molecule has 4 heteroatoms. The quantitative estimate of drug-likeness (QED) is 0.839. The van der Waals surface area contributed by atoms with Crippen molar-refractivity contribution in [3.05, 3.63) is 23.3 Å². The minimum absolute atomic E-state index is 0.706. The largest absolute Gasteiger partial charge is 0.496 e. The Bertz CT molecular complexity index is 492. The number of thioether (sulfide) groups is 1. The predicted octanol–water partition coefficient (Wildman–Crippen LogP) is 3.49. The minimum Gasteiger partial charge on any atom is -0.496 e. The summed E-state index contributed by atoms with van der Waals surface area (Å²) in [5, 5.41) is 9.58. The highest BCUT2D eigenvalue weighted by atomic mass is 32.2. The Balaban J connectivity index is 2.58. The summed E-state index contributed by atoms with van der Waals surface area (Å²) < 4.78 is 5.45. The van der Waals surface area contributed by atoms with Gasteiger partial charge < -0.3 is 9.84 Å². The monoisotopic (exact) mass is 280 g/mol. The summed E-state index contributed by atoms with van der Waals surface area (Å²) in [7, 11) is 1.62. The first-order chi connectivity index (χ1) is 9.08. The molecule has 0 aliphatic heterocycles. The standard InChI is InChI=1S/C15H20O3S/c1-4-10-8-12(18-2)11(9-13(10)19-3)15(14(16)17)6-5-7-15/h8-9H,4-7H2,1-3H3,(H,16,17). The Kier molecular flexibility index (Phi) is 4.09. The molecule has 1 aliphatic carbocycles. The van der Waals surface area contributed by atoms with E-state index in [0.29, 0.717) is 12.8 Å². The van der Waals surface area contributed by atoms with Gasteiger partial charge in [0.1, 0.15) is 5.75 Å². The van der Waals surface area contributed by atoms with Crippen molar-refractivity contribution in [2.75, 3.05) is 13.4 Å². The molecule has 1 fully saturated rings. The molecule has 0 unspecified atom stereocenters. The number of hydrogen-bond donors (Lipinski definition) is 1. The van der Waals surface area contributed by atoms with E-state index < -0.39 is 11.4 Å². The molecule has 0 heterocycles. The summed E-state index contributed by atoms with van der Waals surface area (Å²) in [6, 6.07) is 4.03. The van der Waals surface area contributed by atoms with E-state index in [1.807, 2.05) is 18.4 Å². The fraction of sp³-hybridized carbons (Fsp3) is 0.533. The predicted molar refractivity (Wildman–Crippen MR) is 77.3 cm³/mol. The lowest BCUT2D eigenvalue weighted by Gasteiger charge is -2.39. The van der Waals surface area contributed by atoms with E-state index in [1.54, 1.807) is 18.9 Å². The van der Waals surface area contributed by atoms with Crippen LogP contribution >= 0.6 is 11.8 Å². The molecule has 1 saturated carbocycles. The minimum atomic E-state index is -0.734. The van der Waals surface area contributed by atoms with E-state index in [9.17, 15) is 9.90 Å². The van der Waals surface area contributed by atoms with Crippen LogP contribution in [0.3, 0.4) is 0 Å². The molecule has 1 aliphatic rings. The summed E-state index contributed by atoms with van der Waals surface area (Å²) in [4.78, 5) is 12.8. The highest BCUT2D eigenvalue weighted by molar-refractivity contribution is 7.98. The van der Waals surface area contributed by atoms with E-state index in [2.05, 4.69) is 6.92 Å². The number of methoxy groups -OCH3 is 1. The van der Waals surface area contributed by atoms with E-state index in [-0.39, 0.29) is 0 Å². The number of carboxylic acid groups (broad SMARTS) is 1. The molecule has 1 aromatic carbocycles. The van der Waals surface area contributed by atoms with Crippen LogP contribution in [0.1, 0.15) is 37.3 Å². The second-order valence-electron chi connectivity index (χ2n) is 4.96. The Hall–Kier alpha value is -1.16. The molecule has 3 nitrogen and oxygen atoms in total. The molecule has 2 rings (SSSR count). The van der Waals surface area contributed by atoms with Gasteiger partial charge in [0.05, 0.1) is 12.5 Å². The Morgan fingerprint density at radius 1 is 1.47 bits per heavy atom. The number of aliphatic carboxylic acids is 1. The van der Waals surface area contributed by atoms with E-state index in [4.69, 9.17) is 4.74 Å². The van der Waals surface area contributed by atoms with Crippen LogP contribution in [0.4, 0.5) is 0 Å². The van der Waals surface area contributed by atoms with Crippen molar-refractivity contribution in [3.63, 3.8) is 0 Å². The van der Waals surface area contributed by atoms with Crippen molar-refractivity contribution in [2.24, 2.45) is 0 Å². The lowest BCUT2D eigenvalue weighted by atomic mass is 9.64. The maximum atomic E-state index is 11.7. The average molecular weight is 280 g/mol. The van der Waals surface area contributed by atoms with Crippen molar-refractivity contribution < 1.29 is 14.6 Å². The van der Waals surface area contributed by atoms with Crippen molar-refractivity contribution >= 4 is 17.7 Å². The number of benzene rings is 1. The fourth-order valence-corrected chi connectivity index (χ4v) is 3.44. The van der Waals surface area contributed by atoms with Gasteiger partial charge in [-0.2, -0.15) is 0 Å². The fourth-order valence-electron chi connectivity index (χ4n) is 2.74. The van der Waals surface area contributed by atoms with Crippen molar-refractivity contribution in [3.8, 4) is 5.75 Å². The molecule has 0 amide bonds. The van der Waals surface area contributed by atoms with Gasteiger partial charge in [-0.15, -0.1) is 11.8 Å². The number of rotatable bonds is 5. The summed E-state index contributed by atoms with van der Waals surface area (Å²) in [5.74, 6) is -0.00917. The van der Waals surface area contributed by atoms with Gasteiger partial charge in [0.15, 0.2) is 0 Å². The summed E-state index contributed by atoms with van der Waals surface area (Å²) in [5.41, 5.74) is 1.32. The van der Waals surface area contributed by atoms with Crippen LogP contribution in [0.25, 0.3) is 0 Å². The number of hydrogen-bond acceptors (Lipinski definition) is 3. The molecular formula is C15H20O3S. The van der Waals surface area contributed by atoms with Crippen molar-refractivity contribution in [2.45, 2.75) is 42.9 Å². The maximum absolute atomic E-state index is 11.7. The molecule has 1 aromatic rings. The third kappa shape index (κ3) is 2.22. The molecule has 0 spiro atoms. The van der Waals surface area contributed by atoms with Gasteiger partial charge in [-0.1, -0.05) is 13.3 Å². The number of carboxylic acids is 1. The summed E-state index contributed by atoms with van der Waals surface area (Å²) >= 11 is 1.67. The zero-order valence-corrected chi connectivity index (χ0v) is 12.5. The first-order valence-electron chi connectivity index (χ1n) is 6.57. The zero-order valence-electron chi connectivity index (χ0n) is 11.7. The molecule has 0 radical (unpaired) electrons. The highest BCUT2D eigenvalue weighted by Crippen LogP contribution is 2.48. The second kappa shape index (κ2) is 5.45. The molecule has 0 aromatic heterocycles. The van der Waals surface area contributed by atoms with Crippen LogP contribution < -0.4 is 4.74 Å². The third-order valence-electron chi connectivity index (χ3n) is 4.12. The number of carbonyl (C=O) groups is 1. The van der Waals surface area contributed by atoms with E-state index in [0.717, 1.165) is 29.1 Å². The van der Waals surface area contributed by atoms with Crippen molar-refractivity contribution in [1.29, 1.82) is 0 Å². The molecular weight excluding hydrogens is 260 g/mol. The zero-order chi connectivity index (χ0) is 14.0. The van der Waals surface area contributed by atoms with Gasteiger partial charge in [0.25, 0.3) is 0 Å². The lowest BCUT2D eigenvalue weighted by Crippen LogP contribution is -2.42. The SMILES string of the molecule is CCc1cc(OC)c(C2(C(=O)O)CCC2)cc1SC. The van der Waals surface area contributed by atoms with E-state index >= 15 is 0 Å². The highest BCUT2D eigenvalue weighted by Gasteiger charge is 2.47. The van der Waals surface area contributed by atoms with Crippen LogP contribution in [-0.2, 0) is 16.6 Å². The normalized spacial score (nSPS) is 16.8. The first-order valence-corrected chi connectivity index (χ1v) is 7.80. The summed E-state index contributed by atoms with van der Waals surface area (Å²) in [6.07, 6.45) is 5.33. The van der Waals surface area contributed by atoms with Crippen LogP contribution in [-0.4, -0.2) is 24.4 Å². The molecule has 0 atom stereocenters. The maximum Gasteiger partial charge on any atom is 0.314 e. The third-order valence-corrected chi connectivity index (χ3v) is 4.94. The Labute approximate surface area is 118 Å². The smallest absolute Gasteiger partial charge is 0.314 e. The Morgan fingerprint density at radius 2 is 2.16 bits per heavy atom. The van der Waals surface area contributed by atoms with Crippen LogP contribution in [0.5, 0.6) is 5.75 Å². The lowest BCUT2D eigenvalue weighted by molar-refractivity contribution is -0.147. The van der Waals surface area contributed by atoms with Crippen LogP contribution in [0, 0.1) is 0 Å². The van der Waals surface area contributed by atoms with E-state index in [1.165, 1.54) is 5.56 Å². The molecule has 19 heavy (non-hydrogen) atoms. The van der Waals surface area contributed by atoms with Gasteiger partial charge >= 0.3 is 5.97 Å². The van der Waals surface area contributed by atoms with Gasteiger partial charge in [-0.25, -0.2) is 0 Å². The topological polar surface area (TPSA) is 46.5 Å². The van der Waals surface area contributed by atoms with Gasteiger partial charge in [-0.3, -0.25) is 4.79 Å². The van der Waals surface area contributed by atoms with Gasteiger partial charge in [0, 0.05) is 10.5 Å². The van der Waals surface area contributed by atoms with Crippen LogP contribution in [0.15, 0.2) is 17.0 Å². The average Bonchev–Trinajstić information content (AvgIpc) is 2.36. The van der Waals surface area contributed by atoms with Crippen LogP contribution in [0.2, 0.25) is 0 Å². The number of ether oxygens (including phenoxy) is 1. The first kappa shape index (κ1) is 14.3. The van der Waals surface area contributed by atoms with Gasteiger partial charge in [0.2, 0.25) is 0 Å². The summed E-state index contributed by atoms with van der Waals surface area (Å²) in [6.45, 7) is 2.10. The molecule has 0 bridgehead atoms.